The molecule has 15 heavy (non-hydrogen) atoms. The summed E-state index contributed by atoms with van der Waals surface area (Å²) in [7, 11) is -2.76. The molecule has 0 radical (unpaired) electrons. The lowest BCUT2D eigenvalue weighted by atomic mass is 10.2. The Hall–Kier alpha value is -0.510. The average molecular weight is 232 g/mol. The molecule has 1 atom stereocenters. The summed E-state index contributed by atoms with van der Waals surface area (Å²) in [6.07, 6.45) is 4.97. The van der Waals surface area contributed by atoms with Crippen molar-refractivity contribution in [1.29, 1.82) is 0 Å². The lowest BCUT2D eigenvalue weighted by Gasteiger charge is -2.08. The van der Waals surface area contributed by atoms with Crippen LogP contribution in [-0.4, -0.2) is 26.0 Å². The van der Waals surface area contributed by atoms with Gasteiger partial charge < -0.3 is 4.74 Å². The van der Waals surface area contributed by atoms with Gasteiger partial charge in [0.05, 0.1) is 23.9 Å². The van der Waals surface area contributed by atoms with Gasteiger partial charge in [0.1, 0.15) is 0 Å². The maximum atomic E-state index is 11.5. The number of rotatable bonds is 5. The molecule has 1 rings (SSSR count). The number of hydrogen-bond donors (Lipinski definition) is 0. The second kappa shape index (κ2) is 5.54. The second-order valence-corrected chi connectivity index (χ2v) is 6.74. The molecule has 1 fully saturated rings. The molecular formula is C11H20O3S. The molecule has 0 aromatic carbocycles. The first-order valence-corrected chi connectivity index (χ1v) is 7.20. The molecule has 0 aromatic heterocycles. The van der Waals surface area contributed by atoms with Gasteiger partial charge in [-0.1, -0.05) is 0 Å². The lowest BCUT2D eigenvalue weighted by molar-refractivity contribution is 0.238. The van der Waals surface area contributed by atoms with Gasteiger partial charge >= 0.3 is 0 Å². The van der Waals surface area contributed by atoms with E-state index in [1.54, 1.807) is 6.26 Å². The normalized spacial score (nSPS) is 23.7. The van der Waals surface area contributed by atoms with Crippen molar-refractivity contribution in [2.45, 2.75) is 44.8 Å². The van der Waals surface area contributed by atoms with Gasteiger partial charge in [0.25, 0.3) is 0 Å². The Morgan fingerprint density at radius 3 is 2.73 bits per heavy atom. The predicted octanol–water partition coefficient (Wildman–Crippen LogP) is 2.28. The molecular weight excluding hydrogens is 212 g/mol. The standard InChI is InChI=1S/C11H20O3S/c1-10(2)9-14-7-3-5-11-6-4-8-15(11,12)13/h9,11H,3-8H2,1-2H3. The molecule has 1 saturated heterocycles. The van der Waals surface area contributed by atoms with Crippen LogP contribution >= 0.6 is 0 Å². The number of ether oxygens (including phenoxy) is 1. The van der Waals surface area contributed by atoms with Crippen LogP contribution in [0, 0.1) is 0 Å². The Labute approximate surface area is 92.4 Å². The molecule has 1 aliphatic rings. The predicted molar refractivity (Wildman–Crippen MR) is 61.4 cm³/mol. The van der Waals surface area contributed by atoms with Crippen molar-refractivity contribution >= 4 is 9.84 Å². The fourth-order valence-electron chi connectivity index (χ4n) is 1.80. The number of sulfone groups is 1. The lowest BCUT2D eigenvalue weighted by Crippen LogP contribution is -2.16. The van der Waals surface area contributed by atoms with Crippen molar-refractivity contribution < 1.29 is 13.2 Å². The van der Waals surface area contributed by atoms with Crippen LogP contribution in [0.3, 0.4) is 0 Å². The van der Waals surface area contributed by atoms with Gasteiger partial charge in [-0.15, -0.1) is 0 Å². The minimum atomic E-state index is -2.76. The van der Waals surface area contributed by atoms with Gasteiger partial charge in [-0.25, -0.2) is 8.42 Å². The Kier molecular flexibility index (Phi) is 4.64. The third kappa shape index (κ3) is 4.24. The van der Waals surface area contributed by atoms with E-state index in [-0.39, 0.29) is 5.25 Å². The van der Waals surface area contributed by atoms with E-state index in [1.165, 1.54) is 0 Å². The largest absolute Gasteiger partial charge is 0.501 e. The summed E-state index contributed by atoms with van der Waals surface area (Å²) >= 11 is 0. The Bertz CT molecular complexity index is 313. The van der Waals surface area contributed by atoms with Crippen LogP contribution < -0.4 is 0 Å². The van der Waals surface area contributed by atoms with Crippen LogP contribution in [0.1, 0.15) is 39.5 Å². The summed E-state index contributed by atoms with van der Waals surface area (Å²) in [4.78, 5) is 0. The van der Waals surface area contributed by atoms with Crippen molar-refractivity contribution in [3.05, 3.63) is 11.8 Å². The van der Waals surface area contributed by atoms with Gasteiger partial charge in [-0.05, 0) is 45.1 Å². The highest BCUT2D eigenvalue weighted by Gasteiger charge is 2.30. The monoisotopic (exact) mass is 232 g/mol. The molecule has 0 bridgehead atoms. The topological polar surface area (TPSA) is 43.4 Å². The van der Waals surface area contributed by atoms with E-state index in [4.69, 9.17) is 4.74 Å². The zero-order valence-corrected chi connectivity index (χ0v) is 10.3. The van der Waals surface area contributed by atoms with Crippen LogP contribution in [0.4, 0.5) is 0 Å². The van der Waals surface area contributed by atoms with Gasteiger partial charge in [0.15, 0.2) is 9.84 Å². The quantitative estimate of drug-likeness (QED) is 0.539. The smallest absolute Gasteiger partial charge is 0.153 e. The van der Waals surface area contributed by atoms with Crippen molar-refractivity contribution in [3.8, 4) is 0 Å². The van der Waals surface area contributed by atoms with E-state index >= 15 is 0 Å². The van der Waals surface area contributed by atoms with E-state index in [0.717, 1.165) is 31.3 Å². The van der Waals surface area contributed by atoms with Gasteiger partial charge in [-0.2, -0.15) is 0 Å². The molecule has 0 aliphatic carbocycles. The van der Waals surface area contributed by atoms with Gasteiger partial charge in [0, 0.05) is 0 Å². The molecule has 1 heterocycles. The van der Waals surface area contributed by atoms with Gasteiger partial charge in [-0.3, -0.25) is 0 Å². The first-order valence-electron chi connectivity index (χ1n) is 5.49. The third-order valence-corrected chi connectivity index (χ3v) is 4.91. The highest BCUT2D eigenvalue weighted by atomic mass is 32.2. The molecule has 1 unspecified atom stereocenters. The molecule has 0 saturated carbocycles. The van der Waals surface area contributed by atoms with Gasteiger partial charge in [0.2, 0.25) is 0 Å². The first-order chi connectivity index (χ1) is 7.02. The Balaban J connectivity index is 2.18. The summed E-state index contributed by atoms with van der Waals surface area (Å²) < 4.78 is 28.2. The van der Waals surface area contributed by atoms with E-state index in [9.17, 15) is 8.42 Å². The SMILES string of the molecule is CC(C)=COCCCC1CCCS1(=O)=O. The molecule has 0 N–H and O–H groups in total. The van der Waals surface area contributed by atoms with Crippen molar-refractivity contribution in [2.75, 3.05) is 12.4 Å². The zero-order chi connectivity index (χ0) is 11.3. The maximum absolute atomic E-state index is 11.5. The fourth-order valence-corrected chi connectivity index (χ4v) is 3.76. The highest BCUT2D eigenvalue weighted by molar-refractivity contribution is 7.92. The number of hydrogen-bond acceptors (Lipinski definition) is 3. The summed E-state index contributed by atoms with van der Waals surface area (Å²) in [5.41, 5.74) is 1.13. The molecule has 3 nitrogen and oxygen atoms in total. The van der Waals surface area contributed by atoms with Crippen molar-refractivity contribution in [2.24, 2.45) is 0 Å². The summed E-state index contributed by atoms with van der Waals surface area (Å²) in [5.74, 6) is 0.381. The van der Waals surface area contributed by atoms with Crippen LogP contribution in [-0.2, 0) is 14.6 Å². The Morgan fingerprint density at radius 1 is 1.47 bits per heavy atom. The van der Waals surface area contributed by atoms with Crippen LogP contribution in [0.5, 0.6) is 0 Å². The molecule has 4 heteroatoms. The van der Waals surface area contributed by atoms with E-state index in [1.807, 2.05) is 13.8 Å². The summed E-state index contributed by atoms with van der Waals surface area (Å²) in [5, 5.41) is -0.104. The molecule has 88 valence electrons. The average Bonchev–Trinajstić information content (AvgIpc) is 2.44. The van der Waals surface area contributed by atoms with Crippen molar-refractivity contribution in [1.82, 2.24) is 0 Å². The van der Waals surface area contributed by atoms with E-state index in [2.05, 4.69) is 0 Å². The molecule has 0 spiro atoms. The van der Waals surface area contributed by atoms with Crippen LogP contribution in [0.2, 0.25) is 0 Å². The van der Waals surface area contributed by atoms with E-state index < -0.39 is 9.84 Å². The summed E-state index contributed by atoms with van der Waals surface area (Å²) in [6.45, 7) is 4.57. The fraction of sp³-hybridized carbons (Fsp3) is 0.818. The third-order valence-electron chi connectivity index (χ3n) is 2.57. The zero-order valence-electron chi connectivity index (χ0n) is 9.53. The molecule has 0 aromatic rings. The molecule has 0 amide bonds. The minimum absolute atomic E-state index is 0.104. The Morgan fingerprint density at radius 2 is 2.20 bits per heavy atom. The minimum Gasteiger partial charge on any atom is -0.501 e. The summed E-state index contributed by atoms with van der Waals surface area (Å²) in [6, 6.07) is 0. The van der Waals surface area contributed by atoms with Crippen molar-refractivity contribution in [3.63, 3.8) is 0 Å². The number of allylic oxidation sites excluding steroid dienone is 1. The highest BCUT2D eigenvalue weighted by Crippen LogP contribution is 2.23. The first kappa shape index (κ1) is 12.6. The molecule has 1 aliphatic heterocycles. The van der Waals surface area contributed by atoms with E-state index in [0.29, 0.717) is 12.4 Å². The van der Waals surface area contributed by atoms with Crippen LogP contribution in [0.15, 0.2) is 11.8 Å². The second-order valence-electron chi connectivity index (χ2n) is 4.34. The van der Waals surface area contributed by atoms with Crippen LogP contribution in [0.25, 0.3) is 0 Å². The maximum Gasteiger partial charge on any atom is 0.153 e.